The lowest BCUT2D eigenvalue weighted by Crippen LogP contribution is -2.60. The number of likely N-dealkylation sites (N-methyl/N-ethyl adjacent to an activating group) is 2. The normalized spacial score (nSPS) is 18.0. The highest BCUT2D eigenvalue weighted by molar-refractivity contribution is 5.90. The Morgan fingerprint density at radius 1 is 0.839 bits per heavy atom. The minimum Gasteiger partial charge on any atom is -0.497 e. The standard InChI is InChI=1S/C48H75N5O9/c1-13-32(6)43(52(9)47(57)41(30(2)3)50-46(56)42(31(4)5)51(8)27-25-34-21-23-36(60-10)24-22-34)39(61-11)29-40(54)53-26-17-20-38(53)44(62-12)33(7)45(55)49-37(48(58)59)28-35-18-15-14-16-19-35/h14-16,18-19,21-24,30-33,37-39,41-44H,13,17,20,25-29H2,1-12H3,(H,49,55)(H,50,56)(H,58,59)/t32-,33+,37-,38-,39+,41-,42-,43-,44+/m0/s1. The van der Waals surface area contributed by atoms with E-state index in [4.69, 9.17) is 14.2 Å². The summed E-state index contributed by atoms with van der Waals surface area (Å²) in [6.45, 7) is 14.7. The van der Waals surface area contributed by atoms with Crippen LogP contribution >= 0.6 is 0 Å². The lowest BCUT2D eigenvalue weighted by atomic mass is 9.89. The summed E-state index contributed by atoms with van der Waals surface area (Å²) >= 11 is 0. The maximum Gasteiger partial charge on any atom is 0.326 e. The zero-order chi connectivity index (χ0) is 46.3. The Labute approximate surface area is 370 Å². The van der Waals surface area contributed by atoms with Crippen LogP contribution in [0.3, 0.4) is 0 Å². The van der Waals surface area contributed by atoms with E-state index in [0.717, 1.165) is 23.3 Å². The predicted molar refractivity (Wildman–Crippen MR) is 241 cm³/mol. The first-order chi connectivity index (χ1) is 29.4. The Balaban J connectivity index is 1.76. The van der Waals surface area contributed by atoms with Gasteiger partial charge < -0.3 is 39.8 Å². The largest absolute Gasteiger partial charge is 0.497 e. The molecule has 0 aliphatic carbocycles. The summed E-state index contributed by atoms with van der Waals surface area (Å²) in [7, 11) is 8.33. The van der Waals surface area contributed by atoms with Crippen molar-refractivity contribution in [1.29, 1.82) is 0 Å². The number of amides is 4. The molecule has 9 atom stereocenters. The molecule has 14 nitrogen and oxygen atoms in total. The fraction of sp³-hybridized carbons (Fsp3) is 0.646. The predicted octanol–water partition coefficient (Wildman–Crippen LogP) is 5.07. The Kier molecular flexibility index (Phi) is 20.8. The van der Waals surface area contributed by atoms with Gasteiger partial charge in [0.05, 0.1) is 49.8 Å². The van der Waals surface area contributed by atoms with Gasteiger partial charge in [-0.3, -0.25) is 24.1 Å². The molecule has 0 unspecified atom stereocenters. The van der Waals surface area contributed by atoms with E-state index in [-0.39, 0.29) is 48.3 Å². The molecule has 1 heterocycles. The van der Waals surface area contributed by atoms with Crippen molar-refractivity contribution in [3.05, 3.63) is 65.7 Å². The van der Waals surface area contributed by atoms with Gasteiger partial charge in [0, 0.05) is 40.8 Å². The van der Waals surface area contributed by atoms with Crippen molar-refractivity contribution < 1.29 is 43.3 Å². The second-order valence-corrected chi connectivity index (χ2v) is 17.7. The van der Waals surface area contributed by atoms with Crippen molar-refractivity contribution in [2.75, 3.05) is 48.5 Å². The van der Waals surface area contributed by atoms with Crippen LogP contribution in [0.5, 0.6) is 5.75 Å². The molecule has 0 radical (unpaired) electrons. The quantitative estimate of drug-likeness (QED) is 0.123. The number of nitrogens with one attached hydrogen (secondary N) is 2. The van der Waals surface area contributed by atoms with Crippen LogP contribution in [0.1, 0.15) is 85.3 Å². The minimum atomic E-state index is -1.14. The zero-order valence-electron chi connectivity index (χ0n) is 39.3. The molecule has 4 amide bonds. The molecule has 1 aliphatic rings. The van der Waals surface area contributed by atoms with E-state index >= 15 is 0 Å². The van der Waals surface area contributed by atoms with E-state index in [1.54, 1.807) is 38.0 Å². The molecule has 2 aromatic rings. The van der Waals surface area contributed by atoms with Crippen LogP contribution in [0.4, 0.5) is 0 Å². The van der Waals surface area contributed by atoms with Gasteiger partial charge in [0.15, 0.2) is 0 Å². The van der Waals surface area contributed by atoms with Crippen molar-refractivity contribution in [2.45, 2.75) is 129 Å². The fourth-order valence-electron chi connectivity index (χ4n) is 8.88. The van der Waals surface area contributed by atoms with Gasteiger partial charge in [0.25, 0.3) is 0 Å². The maximum atomic E-state index is 14.6. The molecule has 2 aromatic carbocycles. The molecule has 0 saturated carbocycles. The molecule has 0 spiro atoms. The van der Waals surface area contributed by atoms with Crippen LogP contribution in [-0.4, -0.2) is 140 Å². The van der Waals surface area contributed by atoms with Crippen molar-refractivity contribution in [3.63, 3.8) is 0 Å². The highest BCUT2D eigenvalue weighted by atomic mass is 16.5. The topological polar surface area (TPSA) is 167 Å². The number of hydrogen-bond acceptors (Lipinski definition) is 9. The summed E-state index contributed by atoms with van der Waals surface area (Å²) in [5.41, 5.74) is 1.91. The Morgan fingerprint density at radius 3 is 2.02 bits per heavy atom. The second-order valence-electron chi connectivity index (χ2n) is 17.7. The molecule has 0 aromatic heterocycles. The summed E-state index contributed by atoms with van der Waals surface area (Å²) in [5, 5.41) is 15.7. The van der Waals surface area contributed by atoms with Gasteiger partial charge in [-0.05, 0) is 67.3 Å². The number of carbonyl (C=O) groups excluding carboxylic acids is 4. The molecule has 3 N–H and O–H groups in total. The first-order valence-electron chi connectivity index (χ1n) is 22.2. The molecule has 3 rings (SSSR count). The van der Waals surface area contributed by atoms with E-state index in [1.165, 1.54) is 7.11 Å². The number of likely N-dealkylation sites (tertiary alicyclic amines) is 1. The van der Waals surface area contributed by atoms with Crippen molar-refractivity contribution in [2.24, 2.45) is 23.7 Å². The average Bonchev–Trinajstić information content (AvgIpc) is 3.74. The number of nitrogens with zero attached hydrogens (tertiary/aromatic N) is 3. The van der Waals surface area contributed by atoms with Gasteiger partial charge in [0.1, 0.15) is 17.8 Å². The number of methoxy groups -OCH3 is 3. The first kappa shape index (κ1) is 51.8. The van der Waals surface area contributed by atoms with E-state index in [0.29, 0.717) is 32.4 Å². The molecular weight excluding hydrogens is 791 g/mol. The second kappa shape index (κ2) is 24.9. The van der Waals surface area contributed by atoms with E-state index in [9.17, 15) is 29.1 Å². The first-order valence-corrected chi connectivity index (χ1v) is 22.2. The van der Waals surface area contributed by atoms with Crippen molar-refractivity contribution in [3.8, 4) is 5.75 Å². The van der Waals surface area contributed by atoms with Crippen LogP contribution < -0.4 is 15.4 Å². The van der Waals surface area contributed by atoms with E-state index < -0.39 is 60.2 Å². The molecule has 1 saturated heterocycles. The molecule has 0 bridgehead atoms. The zero-order valence-corrected chi connectivity index (χ0v) is 39.3. The minimum absolute atomic E-state index is 0.0259. The average molecular weight is 866 g/mol. The summed E-state index contributed by atoms with van der Waals surface area (Å²) in [5.74, 6) is -2.60. The number of aliphatic carboxylic acids is 1. The van der Waals surface area contributed by atoms with E-state index in [1.807, 2.05) is 108 Å². The lowest BCUT2D eigenvalue weighted by molar-refractivity contribution is -0.148. The maximum absolute atomic E-state index is 14.6. The van der Waals surface area contributed by atoms with Crippen LogP contribution in [0.25, 0.3) is 0 Å². The van der Waals surface area contributed by atoms with Crippen LogP contribution in [0.15, 0.2) is 54.6 Å². The Hall–Kier alpha value is -4.53. The smallest absolute Gasteiger partial charge is 0.326 e. The number of benzene rings is 2. The molecule has 14 heteroatoms. The molecule has 1 aliphatic heterocycles. The van der Waals surface area contributed by atoms with Gasteiger partial charge in [-0.1, -0.05) is 97.4 Å². The number of ether oxygens (including phenoxy) is 3. The fourth-order valence-corrected chi connectivity index (χ4v) is 8.88. The van der Waals surface area contributed by atoms with Gasteiger partial charge >= 0.3 is 5.97 Å². The monoisotopic (exact) mass is 866 g/mol. The third-order valence-electron chi connectivity index (χ3n) is 12.7. The SMILES string of the molecule is CC[C@H](C)[C@@H]([C@@H](CC(=O)N1CCC[C@H]1[C@H](OC)[C@@H](C)C(=O)N[C@@H](Cc1ccccc1)C(=O)O)OC)N(C)C(=O)[C@@H](NC(=O)[C@H](C(C)C)N(C)CCc1ccc(OC)cc1)C(C)C. The Bertz CT molecular complexity index is 1720. The number of rotatable bonds is 25. The van der Waals surface area contributed by atoms with Crippen molar-refractivity contribution >= 4 is 29.6 Å². The summed E-state index contributed by atoms with van der Waals surface area (Å²) in [6.07, 6.45) is 1.46. The van der Waals surface area contributed by atoms with Gasteiger partial charge in [0.2, 0.25) is 23.6 Å². The van der Waals surface area contributed by atoms with E-state index in [2.05, 4.69) is 10.6 Å². The molecule has 1 fully saturated rings. The number of hydrogen-bond donors (Lipinski definition) is 3. The number of carboxylic acid groups (broad SMARTS) is 1. The van der Waals surface area contributed by atoms with Crippen LogP contribution in [0.2, 0.25) is 0 Å². The highest BCUT2D eigenvalue weighted by Crippen LogP contribution is 2.30. The van der Waals surface area contributed by atoms with Crippen molar-refractivity contribution in [1.82, 2.24) is 25.3 Å². The van der Waals surface area contributed by atoms with Crippen LogP contribution in [-0.2, 0) is 46.3 Å². The molecule has 346 valence electrons. The lowest BCUT2D eigenvalue weighted by Gasteiger charge is -2.41. The summed E-state index contributed by atoms with van der Waals surface area (Å²) in [6, 6.07) is 13.6. The molecular formula is C48H75N5O9. The summed E-state index contributed by atoms with van der Waals surface area (Å²) < 4.78 is 17.3. The number of carboxylic acids is 1. The van der Waals surface area contributed by atoms with Crippen LogP contribution in [0, 0.1) is 23.7 Å². The molecule has 62 heavy (non-hydrogen) atoms. The van der Waals surface area contributed by atoms with Gasteiger partial charge in [-0.15, -0.1) is 0 Å². The third kappa shape index (κ3) is 14.0. The Morgan fingerprint density at radius 2 is 1.48 bits per heavy atom. The van der Waals surface area contributed by atoms with Gasteiger partial charge in [-0.25, -0.2) is 4.79 Å². The third-order valence-corrected chi connectivity index (χ3v) is 12.7. The summed E-state index contributed by atoms with van der Waals surface area (Å²) in [4.78, 5) is 74.1. The van der Waals surface area contributed by atoms with Gasteiger partial charge in [-0.2, -0.15) is 0 Å². The number of carbonyl (C=O) groups is 5. The highest BCUT2D eigenvalue weighted by Gasteiger charge is 2.43.